The summed E-state index contributed by atoms with van der Waals surface area (Å²) in [5, 5.41) is 18.4. The van der Waals surface area contributed by atoms with Crippen molar-refractivity contribution in [1.82, 2.24) is 25.4 Å². The molecule has 0 saturated carbocycles. The molecule has 46 heavy (non-hydrogen) atoms. The number of piperazine rings is 1. The van der Waals surface area contributed by atoms with E-state index in [9.17, 15) is 23.1 Å². The maximum atomic E-state index is 13.2. The van der Waals surface area contributed by atoms with Crippen molar-refractivity contribution in [2.75, 3.05) is 32.7 Å². The highest BCUT2D eigenvalue weighted by atomic mass is 19.4. The first-order chi connectivity index (χ1) is 22.2. The van der Waals surface area contributed by atoms with Crippen LogP contribution in [-0.4, -0.2) is 69.9 Å². The second-order valence-electron chi connectivity index (χ2n) is 10.7. The van der Waals surface area contributed by atoms with Crippen LogP contribution < -0.4 is 10.2 Å². The quantitative estimate of drug-likeness (QED) is 0.127. The molecule has 0 spiro atoms. The van der Waals surface area contributed by atoms with Crippen molar-refractivity contribution in [2.24, 2.45) is 5.10 Å². The van der Waals surface area contributed by atoms with Crippen molar-refractivity contribution < 1.29 is 32.3 Å². The third-order valence-corrected chi connectivity index (χ3v) is 7.37. The molecular formula is C33H33F3N6O4. The third kappa shape index (κ3) is 8.58. The SMILES string of the molecule is C=CCc1cccc(/C=N/NC(=O)CN2CCN(Cc3nc(-c4ccc(COc5ccccc5C(F)(F)F)cc4)no3)CC2)c1O. The number of ether oxygens (including phenoxy) is 1. The fourth-order valence-electron chi connectivity index (χ4n) is 4.92. The molecule has 240 valence electrons. The van der Waals surface area contributed by atoms with E-state index in [0.29, 0.717) is 67.6 Å². The van der Waals surface area contributed by atoms with Gasteiger partial charge in [-0.05, 0) is 35.7 Å². The largest absolute Gasteiger partial charge is 0.507 e. The number of phenolic OH excluding ortho intramolecular Hbond substituents is 1. The van der Waals surface area contributed by atoms with E-state index in [0.717, 1.165) is 11.6 Å². The zero-order valence-corrected chi connectivity index (χ0v) is 24.9. The van der Waals surface area contributed by atoms with Gasteiger partial charge in [-0.15, -0.1) is 6.58 Å². The summed E-state index contributed by atoms with van der Waals surface area (Å²) in [6.45, 7) is 7.03. The van der Waals surface area contributed by atoms with Gasteiger partial charge in [-0.2, -0.15) is 23.3 Å². The van der Waals surface area contributed by atoms with Crippen molar-refractivity contribution in [3.8, 4) is 22.9 Å². The van der Waals surface area contributed by atoms with Crippen molar-refractivity contribution >= 4 is 12.1 Å². The molecule has 0 aliphatic carbocycles. The second-order valence-corrected chi connectivity index (χ2v) is 10.7. The van der Waals surface area contributed by atoms with Gasteiger partial charge in [-0.1, -0.05) is 59.8 Å². The van der Waals surface area contributed by atoms with Gasteiger partial charge in [0.25, 0.3) is 5.91 Å². The van der Waals surface area contributed by atoms with Crippen LogP contribution in [0.4, 0.5) is 13.2 Å². The lowest BCUT2D eigenvalue weighted by atomic mass is 10.1. The van der Waals surface area contributed by atoms with Gasteiger partial charge in [0.2, 0.25) is 11.7 Å². The third-order valence-electron chi connectivity index (χ3n) is 7.37. The number of rotatable bonds is 12. The lowest BCUT2D eigenvalue weighted by Gasteiger charge is -2.33. The zero-order valence-electron chi connectivity index (χ0n) is 24.9. The zero-order chi connectivity index (χ0) is 32.5. The van der Waals surface area contributed by atoms with Gasteiger partial charge in [0.1, 0.15) is 18.1 Å². The molecule has 3 aromatic carbocycles. The Hall–Kier alpha value is -5.01. The maximum absolute atomic E-state index is 13.2. The van der Waals surface area contributed by atoms with Crippen LogP contribution in [-0.2, 0) is 30.5 Å². The molecule has 0 unspecified atom stereocenters. The Kier molecular flexibility index (Phi) is 10.5. The van der Waals surface area contributed by atoms with Crippen LogP contribution in [0.2, 0.25) is 0 Å². The monoisotopic (exact) mass is 634 g/mol. The van der Waals surface area contributed by atoms with Gasteiger partial charge in [0.15, 0.2) is 0 Å². The number of carbonyl (C=O) groups is 1. The number of hydrazone groups is 1. The average Bonchev–Trinajstić information content (AvgIpc) is 3.51. The first-order valence-electron chi connectivity index (χ1n) is 14.6. The number of alkyl halides is 3. The molecule has 1 amide bonds. The van der Waals surface area contributed by atoms with E-state index in [1.54, 1.807) is 48.5 Å². The molecule has 0 bridgehead atoms. The van der Waals surface area contributed by atoms with Crippen LogP contribution in [0.5, 0.6) is 11.5 Å². The molecule has 2 heterocycles. The van der Waals surface area contributed by atoms with Gasteiger partial charge in [-0.3, -0.25) is 14.6 Å². The highest BCUT2D eigenvalue weighted by molar-refractivity contribution is 5.86. The van der Waals surface area contributed by atoms with E-state index in [4.69, 9.17) is 9.26 Å². The number of aromatic hydroxyl groups is 1. The standard InChI is InChI=1S/C33H33F3N6O4/c1-2-6-24-7-5-8-26(31(24)44)19-37-39-29(43)20-41-15-17-42(18-16-41)21-30-38-32(40-46-30)25-13-11-23(12-14-25)22-45-28-10-4-3-9-27(28)33(34,35)36/h2-5,7-14,19,44H,1,6,15-18,20-22H2,(H,39,43)/b37-19+. The fraction of sp³-hybridized carbons (Fsp3) is 0.273. The summed E-state index contributed by atoms with van der Waals surface area (Å²) in [4.78, 5) is 21.1. The Morgan fingerprint density at radius 2 is 1.78 bits per heavy atom. The molecule has 1 aliphatic heterocycles. The average molecular weight is 635 g/mol. The highest BCUT2D eigenvalue weighted by Gasteiger charge is 2.34. The van der Waals surface area contributed by atoms with Crippen molar-refractivity contribution in [3.63, 3.8) is 0 Å². The summed E-state index contributed by atoms with van der Waals surface area (Å²) < 4.78 is 50.5. The Morgan fingerprint density at radius 1 is 1.04 bits per heavy atom. The first-order valence-corrected chi connectivity index (χ1v) is 14.6. The second kappa shape index (κ2) is 14.8. The van der Waals surface area contributed by atoms with E-state index in [2.05, 4.69) is 32.1 Å². The van der Waals surface area contributed by atoms with Crippen molar-refractivity contribution in [1.29, 1.82) is 0 Å². The number of amides is 1. The van der Waals surface area contributed by atoms with E-state index in [1.807, 2.05) is 4.90 Å². The summed E-state index contributed by atoms with van der Waals surface area (Å²) in [6, 6.07) is 17.4. The van der Waals surface area contributed by atoms with Crippen molar-refractivity contribution in [3.05, 3.63) is 108 Å². The van der Waals surface area contributed by atoms with E-state index >= 15 is 0 Å². The number of halogens is 3. The fourth-order valence-corrected chi connectivity index (χ4v) is 4.92. The minimum atomic E-state index is -4.50. The summed E-state index contributed by atoms with van der Waals surface area (Å²) >= 11 is 0. The first kappa shape index (κ1) is 32.4. The summed E-state index contributed by atoms with van der Waals surface area (Å²) in [7, 11) is 0. The number of nitrogens with zero attached hydrogens (tertiary/aromatic N) is 5. The van der Waals surface area contributed by atoms with E-state index < -0.39 is 11.7 Å². The maximum Gasteiger partial charge on any atom is 0.419 e. The number of carbonyl (C=O) groups excluding carboxylic acids is 1. The van der Waals surface area contributed by atoms with Gasteiger partial charge in [0, 0.05) is 37.3 Å². The predicted molar refractivity (Wildman–Crippen MR) is 165 cm³/mol. The van der Waals surface area contributed by atoms with Gasteiger partial charge >= 0.3 is 6.18 Å². The Morgan fingerprint density at radius 3 is 2.52 bits per heavy atom. The van der Waals surface area contributed by atoms with Crippen LogP contribution in [0.3, 0.4) is 0 Å². The molecule has 1 aliphatic rings. The lowest BCUT2D eigenvalue weighted by Crippen LogP contribution is -2.48. The molecule has 1 aromatic heterocycles. The molecule has 2 N–H and O–H groups in total. The number of nitrogens with one attached hydrogen (secondary N) is 1. The summed E-state index contributed by atoms with van der Waals surface area (Å²) in [5.41, 5.74) is 4.33. The van der Waals surface area contributed by atoms with Gasteiger partial charge in [-0.25, -0.2) is 5.43 Å². The minimum Gasteiger partial charge on any atom is -0.507 e. The predicted octanol–water partition coefficient (Wildman–Crippen LogP) is 5.04. The molecular weight excluding hydrogens is 601 g/mol. The Labute approximate surface area is 263 Å². The van der Waals surface area contributed by atoms with Crippen LogP contribution >= 0.6 is 0 Å². The lowest BCUT2D eigenvalue weighted by molar-refractivity contribution is -0.139. The van der Waals surface area contributed by atoms with Crippen LogP contribution in [0.15, 0.2) is 89.0 Å². The van der Waals surface area contributed by atoms with Crippen molar-refractivity contribution in [2.45, 2.75) is 25.7 Å². The number of para-hydroxylation sites is 2. The Balaban J connectivity index is 1.05. The topological polar surface area (TPSA) is 116 Å². The molecule has 1 fully saturated rings. The van der Waals surface area contributed by atoms with E-state index in [-0.39, 0.29) is 30.6 Å². The molecule has 10 nitrogen and oxygen atoms in total. The molecule has 13 heteroatoms. The smallest absolute Gasteiger partial charge is 0.419 e. The molecule has 0 atom stereocenters. The number of hydrogen-bond acceptors (Lipinski definition) is 9. The molecule has 4 aromatic rings. The number of hydrogen-bond donors (Lipinski definition) is 2. The Bertz CT molecular complexity index is 1660. The number of allylic oxidation sites excluding steroid dienone is 1. The number of phenols is 1. The van der Waals surface area contributed by atoms with Crippen LogP contribution in [0, 0.1) is 0 Å². The molecule has 5 rings (SSSR count). The summed E-state index contributed by atoms with van der Waals surface area (Å²) in [6.07, 6.45) is -0.848. The normalized spacial score (nSPS) is 14.4. The minimum absolute atomic E-state index is 0.0266. The number of benzene rings is 3. The molecule has 0 radical (unpaired) electrons. The van der Waals surface area contributed by atoms with Crippen LogP contribution in [0.25, 0.3) is 11.4 Å². The van der Waals surface area contributed by atoms with Gasteiger partial charge < -0.3 is 14.4 Å². The molecule has 1 saturated heterocycles. The van der Waals surface area contributed by atoms with E-state index in [1.165, 1.54) is 24.4 Å². The number of aromatic nitrogens is 2. The highest BCUT2D eigenvalue weighted by Crippen LogP contribution is 2.36. The van der Waals surface area contributed by atoms with Crippen LogP contribution in [0.1, 0.15) is 28.1 Å². The summed E-state index contributed by atoms with van der Waals surface area (Å²) in [5.74, 6) is 0.491. The van der Waals surface area contributed by atoms with Gasteiger partial charge in [0.05, 0.1) is 24.9 Å².